The Kier molecular flexibility index (Phi) is 2.69. The third kappa shape index (κ3) is 2.49. The lowest BCUT2D eigenvalue weighted by Gasteiger charge is -2.28. The van der Waals surface area contributed by atoms with E-state index in [2.05, 4.69) is 19.2 Å². The zero-order chi connectivity index (χ0) is 12.6. The van der Waals surface area contributed by atoms with E-state index in [9.17, 15) is 10.1 Å². The lowest BCUT2D eigenvalue weighted by atomic mass is 9.98. The number of benzene rings is 1. The summed E-state index contributed by atoms with van der Waals surface area (Å²) in [7, 11) is 0. The molecule has 1 aliphatic rings. The molecule has 3 N–H and O–H groups in total. The van der Waals surface area contributed by atoms with Gasteiger partial charge in [-0.3, -0.25) is 10.1 Å². The predicted molar refractivity (Wildman–Crippen MR) is 67.9 cm³/mol. The van der Waals surface area contributed by atoms with Gasteiger partial charge >= 0.3 is 0 Å². The van der Waals surface area contributed by atoms with Gasteiger partial charge in [-0.1, -0.05) is 0 Å². The molecule has 0 aromatic heterocycles. The molecular formula is C12H17N3O2. The Hall–Kier alpha value is -1.78. The third-order valence-corrected chi connectivity index (χ3v) is 3.30. The summed E-state index contributed by atoms with van der Waals surface area (Å²) >= 11 is 0. The molecular weight excluding hydrogens is 218 g/mol. The molecule has 0 spiro atoms. The van der Waals surface area contributed by atoms with Gasteiger partial charge in [-0.25, -0.2) is 0 Å². The lowest BCUT2D eigenvalue weighted by molar-refractivity contribution is -0.384. The fourth-order valence-corrected chi connectivity index (χ4v) is 2.03. The van der Waals surface area contributed by atoms with Crippen LogP contribution in [0.5, 0.6) is 0 Å². The smallest absolute Gasteiger partial charge is 0.271 e. The number of nitrogens with one attached hydrogen (secondary N) is 1. The van der Waals surface area contributed by atoms with E-state index in [4.69, 9.17) is 5.73 Å². The molecule has 92 valence electrons. The van der Waals surface area contributed by atoms with Gasteiger partial charge in [0.25, 0.3) is 5.69 Å². The summed E-state index contributed by atoms with van der Waals surface area (Å²) in [5, 5.41) is 14.0. The van der Waals surface area contributed by atoms with E-state index >= 15 is 0 Å². The molecule has 1 aromatic rings. The quantitative estimate of drug-likeness (QED) is 0.477. The Bertz CT molecular complexity index is 453. The Morgan fingerprint density at radius 2 is 2.12 bits per heavy atom. The number of nitrogen functional groups attached to an aromatic ring is 1. The summed E-state index contributed by atoms with van der Waals surface area (Å²) in [6.45, 7) is 4.26. The van der Waals surface area contributed by atoms with Gasteiger partial charge < -0.3 is 11.1 Å². The second-order valence-corrected chi connectivity index (χ2v) is 5.15. The molecule has 17 heavy (non-hydrogen) atoms. The maximum absolute atomic E-state index is 10.6. The third-order valence-electron chi connectivity index (χ3n) is 3.30. The predicted octanol–water partition coefficient (Wildman–Crippen LogP) is 2.78. The molecule has 0 unspecified atom stereocenters. The van der Waals surface area contributed by atoms with Gasteiger partial charge in [0.1, 0.15) is 0 Å². The van der Waals surface area contributed by atoms with E-state index in [1.165, 1.54) is 25.0 Å². The number of rotatable bonds is 4. The highest BCUT2D eigenvalue weighted by molar-refractivity contribution is 5.70. The van der Waals surface area contributed by atoms with Gasteiger partial charge in [0.15, 0.2) is 0 Å². The molecule has 0 bridgehead atoms. The minimum atomic E-state index is -0.438. The van der Waals surface area contributed by atoms with Gasteiger partial charge in [0, 0.05) is 17.7 Å². The van der Waals surface area contributed by atoms with E-state index in [0.717, 1.165) is 5.69 Å². The topological polar surface area (TPSA) is 81.2 Å². The second-order valence-electron chi connectivity index (χ2n) is 5.15. The number of nitro benzene ring substituents is 1. The summed E-state index contributed by atoms with van der Waals surface area (Å²) < 4.78 is 0. The monoisotopic (exact) mass is 235 g/mol. The van der Waals surface area contributed by atoms with Crippen LogP contribution in [0.25, 0.3) is 0 Å². The van der Waals surface area contributed by atoms with Crippen LogP contribution in [0, 0.1) is 16.0 Å². The number of hydrogen-bond acceptors (Lipinski definition) is 4. The highest BCUT2D eigenvalue weighted by atomic mass is 16.6. The van der Waals surface area contributed by atoms with E-state index in [-0.39, 0.29) is 11.2 Å². The lowest BCUT2D eigenvalue weighted by Crippen LogP contribution is -2.33. The largest absolute Gasteiger partial charge is 0.397 e. The molecule has 0 radical (unpaired) electrons. The van der Waals surface area contributed by atoms with Crippen molar-refractivity contribution in [1.29, 1.82) is 0 Å². The highest BCUT2D eigenvalue weighted by Crippen LogP contribution is 2.42. The van der Waals surface area contributed by atoms with Gasteiger partial charge in [0.05, 0.1) is 16.3 Å². The van der Waals surface area contributed by atoms with Gasteiger partial charge in [-0.15, -0.1) is 0 Å². The van der Waals surface area contributed by atoms with Crippen LogP contribution in [0.2, 0.25) is 0 Å². The van der Waals surface area contributed by atoms with Crippen LogP contribution in [0.4, 0.5) is 17.1 Å². The first-order valence-corrected chi connectivity index (χ1v) is 5.72. The number of anilines is 2. The Balaban J connectivity index is 2.19. The highest BCUT2D eigenvalue weighted by Gasteiger charge is 2.37. The minimum absolute atomic E-state index is 0.00967. The van der Waals surface area contributed by atoms with Crippen LogP contribution in [0.3, 0.4) is 0 Å². The second kappa shape index (κ2) is 3.91. The number of nitrogens with zero attached hydrogens (tertiary/aromatic N) is 1. The molecule has 5 heteroatoms. The van der Waals surface area contributed by atoms with E-state index in [1.54, 1.807) is 6.07 Å². The molecule has 1 fully saturated rings. The first-order chi connectivity index (χ1) is 7.90. The molecule has 0 amide bonds. The molecule has 1 aromatic carbocycles. The van der Waals surface area contributed by atoms with Gasteiger partial charge in [-0.05, 0) is 38.7 Å². The van der Waals surface area contributed by atoms with Gasteiger partial charge in [0.2, 0.25) is 0 Å². The van der Waals surface area contributed by atoms with Crippen molar-refractivity contribution in [3.8, 4) is 0 Å². The van der Waals surface area contributed by atoms with Crippen molar-refractivity contribution in [1.82, 2.24) is 0 Å². The molecule has 5 nitrogen and oxygen atoms in total. The summed E-state index contributed by atoms with van der Waals surface area (Å²) in [5.41, 5.74) is 7.03. The molecule has 0 heterocycles. The SMILES string of the molecule is CC(C)(Nc1ccc([N+](=O)[O-])cc1N)C1CC1. The number of nitrogens with two attached hydrogens (primary N) is 1. The standard InChI is InChI=1S/C12H17N3O2/c1-12(2,8-3-4-8)14-11-6-5-9(15(16)17)7-10(11)13/h5-8,14H,3-4,13H2,1-2H3. The Morgan fingerprint density at radius 1 is 1.47 bits per heavy atom. The Labute approximate surface area is 100 Å². The molecule has 1 saturated carbocycles. The summed E-state index contributed by atoms with van der Waals surface area (Å²) in [6, 6.07) is 4.55. The van der Waals surface area contributed by atoms with Crippen molar-refractivity contribution in [2.24, 2.45) is 5.92 Å². The number of non-ortho nitro benzene ring substituents is 1. The Morgan fingerprint density at radius 3 is 2.59 bits per heavy atom. The van der Waals surface area contributed by atoms with Crippen LogP contribution < -0.4 is 11.1 Å². The number of nitro groups is 1. The van der Waals surface area contributed by atoms with Crippen molar-refractivity contribution >= 4 is 17.1 Å². The first-order valence-electron chi connectivity index (χ1n) is 5.72. The normalized spacial score (nSPS) is 15.6. The minimum Gasteiger partial charge on any atom is -0.397 e. The summed E-state index contributed by atoms with van der Waals surface area (Å²) in [6.07, 6.45) is 2.46. The zero-order valence-electron chi connectivity index (χ0n) is 10.1. The van der Waals surface area contributed by atoms with E-state index in [0.29, 0.717) is 11.6 Å². The fraction of sp³-hybridized carbons (Fsp3) is 0.500. The van der Waals surface area contributed by atoms with Crippen LogP contribution in [-0.2, 0) is 0 Å². The van der Waals surface area contributed by atoms with Crippen LogP contribution in [-0.4, -0.2) is 10.5 Å². The average Bonchev–Trinajstić information content (AvgIpc) is 3.04. The fourth-order valence-electron chi connectivity index (χ4n) is 2.03. The first kappa shape index (κ1) is 11.7. The van der Waals surface area contributed by atoms with E-state index in [1.807, 2.05) is 0 Å². The van der Waals surface area contributed by atoms with E-state index < -0.39 is 4.92 Å². The van der Waals surface area contributed by atoms with Crippen molar-refractivity contribution in [3.63, 3.8) is 0 Å². The average molecular weight is 235 g/mol. The van der Waals surface area contributed by atoms with Gasteiger partial charge in [-0.2, -0.15) is 0 Å². The maximum Gasteiger partial charge on any atom is 0.271 e. The molecule has 0 saturated heterocycles. The number of hydrogen-bond donors (Lipinski definition) is 2. The maximum atomic E-state index is 10.6. The summed E-state index contributed by atoms with van der Waals surface area (Å²) in [5.74, 6) is 0.664. The van der Waals surface area contributed by atoms with Crippen molar-refractivity contribution in [2.45, 2.75) is 32.2 Å². The van der Waals surface area contributed by atoms with Crippen LogP contribution in [0.1, 0.15) is 26.7 Å². The van der Waals surface area contributed by atoms with Crippen molar-refractivity contribution in [3.05, 3.63) is 28.3 Å². The van der Waals surface area contributed by atoms with Crippen molar-refractivity contribution < 1.29 is 4.92 Å². The summed E-state index contributed by atoms with van der Waals surface area (Å²) in [4.78, 5) is 10.2. The van der Waals surface area contributed by atoms with Crippen molar-refractivity contribution in [2.75, 3.05) is 11.1 Å². The molecule has 0 aliphatic heterocycles. The van der Waals surface area contributed by atoms with Crippen LogP contribution >= 0.6 is 0 Å². The molecule has 0 atom stereocenters. The van der Waals surface area contributed by atoms with Crippen LogP contribution in [0.15, 0.2) is 18.2 Å². The zero-order valence-corrected chi connectivity index (χ0v) is 10.1. The molecule has 1 aliphatic carbocycles. The molecule has 2 rings (SSSR count).